The third-order valence-corrected chi connectivity index (χ3v) is 3.19. The van der Waals surface area contributed by atoms with Gasteiger partial charge in [0.1, 0.15) is 5.75 Å². The van der Waals surface area contributed by atoms with Crippen molar-refractivity contribution in [3.05, 3.63) is 36.0 Å². The molecule has 0 aliphatic heterocycles. The molecule has 0 aliphatic carbocycles. The van der Waals surface area contributed by atoms with E-state index < -0.39 is 0 Å². The van der Waals surface area contributed by atoms with E-state index in [9.17, 15) is 4.79 Å². The maximum absolute atomic E-state index is 11.6. The summed E-state index contributed by atoms with van der Waals surface area (Å²) in [4.78, 5) is 13.9. The Morgan fingerprint density at radius 2 is 2.10 bits per heavy atom. The number of urea groups is 1. The van der Waals surface area contributed by atoms with Crippen molar-refractivity contribution in [3.63, 3.8) is 0 Å². The van der Waals surface area contributed by atoms with Crippen LogP contribution in [0, 0.1) is 0 Å². The van der Waals surface area contributed by atoms with Crippen molar-refractivity contribution in [3.8, 4) is 5.75 Å². The minimum Gasteiger partial charge on any atom is -0.497 e. The Morgan fingerprint density at radius 3 is 2.76 bits per heavy atom. The van der Waals surface area contributed by atoms with Crippen LogP contribution < -0.4 is 15.4 Å². The molecule has 0 atom stereocenters. The first kappa shape index (κ1) is 17.0. The molecule has 0 bridgehead atoms. The van der Waals surface area contributed by atoms with E-state index in [4.69, 9.17) is 4.74 Å². The van der Waals surface area contributed by atoms with Gasteiger partial charge in [-0.15, -0.1) is 0 Å². The first-order chi connectivity index (χ1) is 10.2. The standard InChI is InChI=1S/C16H25N3O2/c1-4-19(5-2)12-11-18-16(20)17-10-9-14-7-6-8-15(13-14)21-3/h6-10,13H,4-5,11-12H2,1-3H3,(H2,17,18,20)/b10-9+. The second-order valence-electron chi connectivity index (χ2n) is 4.54. The summed E-state index contributed by atoms with van der Waals surface area (Å²) in [6, 6.07) is 7.43. The molecule has 1 aromatic rings. The number of hydrogen-bond acceptors (Lipinski definition) is 3. The lowest BCUT2D eigenvalue weighted by atomic mass is 10.2. The molecule has 5 heteroatoms. The van der Waals surface area contributed by atoms with Crippen molar-refractivity contribution in [2.75, 3.05) is 33.3 Å². The number of nitrogens with zero attached hydrogens (tertiary/aromatic N) is 1. The van der Waals surface area contributed by atoms with Gasteiger partial charge >= 0.3 is 6.03 Å². The maximum atomic E-state index is 11.6. The maximum Gasteiger partial charge on any atom is 0.318 e. The van der Waals surface area contributed by atoms with Gasteiger partial charge in [0.15, 0.2) is 0 Å². The third-order valence-electron chi connectivity index (χ3n) is 3.19. The van der Waals surface area contributed by atoms with Crippen molar-refractivity contribution in [1.29, 1.82) is 0 Å². The van der Waals surface area contributed by atoms with Gasteiger partial charge in [-0.25, -0.2) is 4.79 Å². The summed E-state index contributed by atoms with van der Waals surface area (Å²) in [7, 11) is 1.63. The molecular formula is C16H25N3O2. The lowest BCUT2D eigenvalue weighted by Gasteiger charge is -2.17. The molecule has 5 nitrogen and oxygen atoms in total. The highest BCUT2D eigenvalue weighted by atomic mass is 16.5. The molecule has 1 rings (SSSR count). The van der Waals surface area contributed by atoms with Gasteiger partial charge in [-0.1, -0.05) is 26.0 Å². The molecule has 0 aliphatic rings. The predicted molar refractivity (Wildman–Crippen MR) is 86.4 cm³/mol. The number of carbonyl (C=O) groups is 1. The third kappa shape index (κ3) is 6.81. The van der Waals surface area contributed by atoms with Crippen molar-refractivity contribution in [1.82, 2.24) is 15.5 Å². The molecule has 0 saturated carbocycles. The van der Waals surface area contributed by atoms with Crippen LogP contribution in [-0.2, 0) is 0 Å². The minimum atomic E-state index is -0.193. The van der Waals surface area contributed by atoms with Crippen LogP contribution in [0.4, 0.5) is 4.79 Å². The summed E-state index contributed by atoms with van der Waals surface area (Å²) in [5.74, 6) is 0.792. The molecule has 0 spiro atoms. The van der Waals surface area contributed by atoms with E-state index in [1.807, 2.05) is 30.3 Å². The number of ether oxygens (including phenoxy) is 1. The largest absolute Gasteiger partial charge is 0.497 e. The Balaban J connectivity index is 2.30. The summed E-state index contributed by atoms with van der Waals surface area (Å²) in [6.07, 6.45) is 3.45. The molecule has 0 radical (unpaired) electrons. The van der Waals surface area contributed by atoms with Crippen LogP contribution in [0.5, 0.6) is 5.75 Å². The molecule has 0 aromatic heterocycles. The van der Waals surface area contributed by atoms with Gasteiger partial charge < -0.3 is 20.3 Å². The van der Waals surface area contributed by atoms with Gasteiger partial charge in [-0.3, -0.25) is 0 Å². The second kappa shape index (κ2) is 9.83. The van der Waals surface area contributed by atoms with Gasteiger partial charge in [-0.05, 0) is 36.9 Å². The predicted octanol–water partition coefficient (Wildman–Crippen LogP) is 2.31. The number of carbonyl (C=O) groups excluding carboxylic acids is 1. The Labute approximate surface area is 127 Å². The van der Waals surface area contributed by atoms with E-state index >= 15 is 0 Å². The van der Waals surface area contributed by atoms with Crippen molar-refractivity contribution in [2.45, 2.75) is 13.8 Å². The fourth-order valence-electron chi connectivity index (χ4n) is 1.88. The van der Waals surface area contributed by atoms with Crippen LogP contribution in [0.25, 0.3) is 6.08 Å². The van der Waals surface area contributed by atoms with E-state index in [1.165, 1.54) is 0 Å². The van der Waals surface area contributed by atoms with Crippen molar-refractivity contribution in [2.24, 2.45) is 0 Å². The van der Waals surface area contributed by atoms with E-state index in [2.05, 4.69) is 29.4 Å². The highest BCUT2D eigenvalue weighted by Gasteiger charge is 2.00. The van der Waals surface area contributed by atoms with Crippen LogP contribution in [-0.4, -0.2) is 44.2 Å². The Kier molecular flexibility index (Phi) is 7.97. The van der Waals surface area contributed by atoms with Gasteiger partial charge in [0, 0.05) is 19.3 Å². The lowest BCUT2D eigenvalue weighted by Crippen LogP contribution is -2.38. The molecule has 0 unspecified atom stereocenters. The Bertz CT molecular complexity index is 457. The topological polar surface area (TPSA) is 53.6 Å². The molecular weight excluding hydrogens is 266 g/mol. The van der Waals surface area contributed by atoms with Crippen LogP contribution in [0.15, 0.2) is 30.5 Å². The minimum absolute atomic E-state index is 0.193. The normalized spacial score (nSPS) is 10.9. The molecule has 1 aromatic carbocycles. The molecule has 0 saturated heterocycles. The molecule has 0 fully saturated rings. The number of nitrogens with one attached hydrogen (secondary N) is 2. The number of hydrogen-bond donors (Lipinski definition) is 2. The summed E-state index contributed by atoms with van der Waals surface area (Å²) in [5, 5.41) is 5.51. The molecule has 21 heavy (non-hydrogen) atoms. The zero-order valence-corrected chi connectivity index (χ0v) is 13.1. The number of rotatable bonds is 8. The smallest absolute Gasteiger partial charge is 0.318 e. The SMILES string of the molecule is CCN(CC)CCNC(=O)N/C=C/c1cccc(OC)c1. The van der Waals surface area contributed by atoms with Crippen molar-refractivity contribution < 1.29 is 9.53 Å². The zero-order valence-electron chi connectivity index (χ0n) is 13.1. The number of likely N-dealkylation sites (N-methyl/N-ethyl adjacent to an activating group) is 1. The lowest BCUT2D eigenvalue weighted by molar-refractivity contribution is 0.240. The highest BCUT2D eigenvalue weighted by Crippen LogP contribution is 2.13. The fourth-order valence-corrected chi connectivity index (χ4v) is 1.88. The van der Waals surface area contributed by atoms with Gasteiger partial charge in [-0.2, -0.15) is 0 Å². The van der Waals surface area contributed by atoms with E-state index in [1.54, 1.807) is 13.3 Å². The number of benzene rings is 1. The summed E-state index contributed by atoms with van der Waals surface area (Å²) in [5.41, 5.74) is 0.970. The van der Waals surface area contributed by atoms with Crippen LogP contribution in [0.2, 0.25) is 0 Å². The average Bonchev–Trinajstić information content (AvgIpc) is 2.52. The number of methoxy groups -OCH3 is 1. The molecule has 0 heterocycles. The van der Waals surface area contributed by atoms with Crippen molar-refractivity contribution >= 4 is 12.1 Å². The summed E-state index contributed by atoms with van der Waals surface area (Å²) >= 11 is 0. The van der Waals surface area contributed by atoms with Gasteiger partial charge in [0.2, 0.25) is 0 Å². The Morgan fingerprint density at radius 1 is 1.33 bits per heavy atom. The van der Waals surface area contributed by atoms with Crippen LogP contribution in [0.3, 0.4) is 0 Å². The summed E-state index contributed by atoms with van der Waals surface area (Å²) in [6.45, 7) is 7.71. The van der Waals surface area contributed by atoms with Crippen LogP contribution in [0.1, 0.15) is 19.4 Å². The Hall–Kier alpha value is -2.01. The average molecular weight is 291 g/mol. The highest BCUT2D eigenvalue weighted by molar-refractivity contribution is 5.75. The first-order valence-corrected chi connectivity index (χ1v) is 7.26. The van der Waals surface area contributed by atoms with E-state index in [0.29, 0.717) is 6.54 Å². The molecule has 2 N–H and O–H groups in total. The summed E-state index contributed by atoms with van der Waals surface area (Å²) < 4.78 is 5.14. The molecule has 116 valence electrons. The molecule has 2 amide bonds. The van der Waals surface area contributed by atoms with Crippen LogP contribution >= 0.6 is 0 Å². The second-order valence-corrected chi connectivity index (χ2v) is 4.54. The quantitative estimate of drug-likeness (QED) is 0.773. The fraction of sp³-hybridized carbons (Fsp3) is 0.438. The van der Waals surface area contributed by atoms with E-state index in [-0.39, 0.29) is 6.03 Å². The van der Waals surface area contributed by atoms with Gasteiger partial charge in [0.05, 0.1) is 7.11 Å². The zero-order chi connectivity index (χ0) is 15.5. The first-order valence-electron chi connectivity index (χ1n) is 7.26. The number of amides is 2. The monoisotopic (exact) mass is 291 g/mol. The van der Waals surface area contributed by atoms with E-state index in [0.717, 1.165) is 30.9 Å². The van der Waals surface area contributed by atoms with Gasteiger partial charge in [0.25, 0.3) is 0 Å².